The molecule has 0 amide bonds. The van der Waals surface area contributed by atoms with Crippen molar-refractivity contribution in [3.8, 4) is 0 Å². The molecule has 0 bridgehead atoms. The SMILES string of the molecule is CC(C)Cn1c(CCCl)nc2cccc(Cl)c21. The molecule has 92 valence electrons. The van der Waals surface area contributed by atoms with Crippen LogP contribution in [0.15, 0.2) is 18.2 Å². The maximum Gasteiger partial charge on any atom is 0.111 e. The van der Waals surface area contributed by atoms with Gasteiger partial charge in [-0.15, -0.1) is 11.6 Å². The van der Waals surface area contributed by atoms with Crippen LogP contribution in [0.5, 0.6) is 0 Å². The summed E-state index contributed by atoms with van der Waals surface area (Å²) in [4.78, 5) is 4.61. The summed E-state index contributed by atoms with van der Waals surface area (Å²) >= 11 is 12.1. The third kappa shape index (κ3) is 2.58. The molecular formula is C13H16Cl2N2. The van der Waals surface area contributed by atoms with Crippen molar-refractivity contribution in [3.63, 3.8) is 0 Å². The summed E-state index contributed by atoms with van der Waals surface area (Å²) in [6, 6.07) is 5.84. The number of aromatic nitrogens is 2. The summed E-state index contributed by atoms with van der Waals surface area (Å²) in [5, 5.41) is 0.761. The molecule has 0 N–H and O–H groups in total. The Balaban J connectivity index is 2.60. The van der Waals surface area contributed by atoms with Crippen molar-refractivity contribution >= 4 is 34.2 Å². The smallest absolute Gasteiger partial charge is 0.111 e. The Bertz CT molecular complexity index is 517. The second kappa shape index (κ2) is 5.28. The fourth-order valence-corrected chi connectivity index (χ4v) is 2.47. The average molecular weight is 271 g/mol. The number of nitrogens with zero attached hydrogens (tertiary/aromatic N) is 2. The first-order chi connectivity index (χ1) is 8.13. The van der Waals surface area contributed by atoms with Crippen molar-refractivity contribution in [1.82, 2.24) is 9.55 Å². The average Bonchev–Trinajstić information content (AvgIpc) is 2.58. The quantitative estimate of drug-likeness (QED) is 0.764. The Kier molecular flexibility index (Phi) is 3.95. The standard InChI is InChI=1S/C13H16Cl2N2/c1-9(2)8-17-12(6-7-14)16-11-5-3-4-10(15)13(11)17/h3-5,9H,6-8H2,1-2H3. The third-order valence-electron chi connectivity index (χ3n) is 2.66. The maximum absolute atomic E-state index is 6.27. The minimum absolute atomic E-state index is 0.553. The molecule has 2 aromatic rings. The van der Waals surface area contributed by atoms with Gasteiger partial charge in [-0.05, 0) is 18.1 Å². The van der Waals surface area contributed by atoms with Gasteiger partial charge < -0.3 is 4.57 Å². The van der Waals surface area contributed by atoms with Crippen LogP contribution in [0.4, 0.5) is 0 Å². The number of halogens is 2. The van der Waals surface area contributed by atoms with Crippen molar-refractivity contribution in [2.45, 2.75) is 26.8 Å². The Labute approximate surface area is 112 Å². The number of benzene rings is 1. The molecule has 0 aliphatic rings. The van der Waals surface area contributed by atoms with Crippen molar-refractivity contribution in [1.29, 1.82) is 0 Å². The van der Waals surface area contributed by atoms with Gasteiger partial charge >= 0.3 is 0 Å². The van der Waals surface area contributed by atoms with E-state index < -0.39 is 0 Å². The Morgan fingerprint density at radius 3 is 2.76 bits per heavy atom. The summed E-state index contributed by atoms with van der Waals surface area (Å²) in [6.45, 7) is 5.30. The Morgan fingerprint density at radius 2 is 2.12 bits per heavy atom. The molecule has 0 fully saturated rings. The van der Waals surface area contributed by atoms with E-state index in [1.807, 2.05) is 18.2 Å². The van der Waals surface area contributed by atoms with E-state index in [2.05, 4.69) is 23.4 Å². The molecule has 2 nitrogen and oxygen atoms in total. The van der Waals surface area contributed by atoms with E-state index in [9.17, 15) is 0 Å². The molecule has 0 radical (unpaired) electrons. The van der Waals surface area contributed by atoms with Crippen molar-refractivity contribution in [2.75, 3.05) is 5.88 Å². The number of alkyl halides is 1. The monoisotopic (exact) mass is 270 g/mol. The van der Waals surface area contributed by atoms with E-state index >= 15 is 0 Å². The Morgan fingerprint density at radius 1 is 1.35 bits per heavy atom. The molecule has 1 aromatic heterocycles. The molecule has 1 aromatic carbocycles. The van der Waals surface area contributed by atoms with Crippen molar-refractivity contribution in [2.24, 2.45) is 5.92 Å². The van der Waals surface area contributed by atoms with Gasteiger partial charge in [0.05, 0.1) is 16.1 Å². The zero-order valence-electron chi connectivity index (χ0n) is 10.1. The first-order valence-corrected chi connectivity index (χ1v) is 6.74. The van der Waals surface area contributed by atoms with Crippen LogP contribution in [0.3, 0.4) is 0 Å². The van der Waals surface area contributed by atoms with E-state index in [0.29, 0.717) is 11.8 Å². The number of para-hydroxylation sites is 1. The van der Waals surface area contributed by atoms with E-state index in [4.69, 9.17) is 23.2 Å². The highest BCUT2D eigenvalue weighted by Crippen LogP contribution is 2.25. The molecule has 0 saturated heterocycles. The van der Waals surface area contributed by atoms with E-state index in [-0.39, 0.29) is 0 Å². The van der Waals surface area contributed by atoms with E-state index in [1.165, 1.54) is 0 Å². The lowest BCUT2D eigenvalue weighted by Crippen LogP contribution is -2.09. The minimum atomic E-state index is 0.553. The van der Waals surface area contributed by atoms with Crippen molar-refractivity contribution in [3.05, 3.63) is 29.0 Å². The zero-order valence-corrected chi connectivity index (χ0v) is 11.6. The molecule has 0 saturated carbocycles. The van der Waals surface area contributed by atoms with Gasteiger partial charge in [-0.25, -0.2) is 4.98 Å². The van der Waals surface area contributed by atoms with Crippen LogP contribution in [-0.4, -0.2) is 15.4 Å². The summed E-state index contributed by atoms with van der Waals surface area (Å²) in [6.07, 6.45) is 0.777. The third-order valence-corrected chi connectivity index (χ3v) is 3.16. The van der Waals surface area contributed by atoms with Gasteiger partial charge in [0.25, 0.3) is 0 Å². The molecule has 0 aliphatic carbocycles. The lowest BCUT2D eigenvalue weighted by Gasteiger charge is -2.11. The largest absolute Gasteiger partial charge is 0.326 e. The van der Waals surface area contributed by atoms with Gasteiger partial charge in [-0.1, -0.05) is 31.5 Å². The fraction of sp³-hybridized carbons (Fsp3) is 0.462. The predicted molar refractivity (Wildman–Crippen MR) is 74.0 cm³/mol. The van der Waals surface area contributed by atoms with Crippen LogP contribution in [0.1, 0.15) is 19.7 Å². The number of fused-ring (bicyclic) bond motifs is 1. The highest BCUT2D eigenvalue weighted by Gasteiger charge is 2.13. The molecule has 17 heavy (non-hydrogen) atoms. The van der Waals surface area contributed by atoms with E-state index in [1.54, 1.807) is 0 Å². The van der Waals surface area contributed by atoms with Crippen LogP contribution >= 0.6 is 23.2 Å². The number of aryl methyl sites for hydroxylation is 1. The molecule has 0 spiro atoms. The van der Waals surface area contributed by atoms with Gasteiger partial charge in [0.15, 0.2) is 0 Å². The molecular weight excluding hydrogens is 255 g/mol. The second-order valence-electron chi connectivity index (χ2n) is 4.58. The van der Waals surface area contributed by atoms with Gasteiger partial charge in [-0.3, -0.25) is 0 Å². The molecule has 2 rings (SSSR count). The fourth-order valence-electron chi connectivity index (χ4n) is 2.03. The topological polar surface area (TPSA) is 17.8 Å². The highest BCUT2D eigenvalue weighted by atomic mass is 35.5. The summed E-state index contributed by atoms with van der Waals surface area (Å²) in [5.74, 6) is 2.16. The highest BCUT2D eigenvalue weighted by molar-refractivity contribution is 6.35. The van der Waals surface area contributed by atoms with Crippen molar-refractivity contribution < 1.29 is 0 Å². The molecule has 4 heteroatoms. The van der Waals surface area contributed by atoms with Gasteiger partial charge in [0.1, 0.15) is 5.82 Å². The summed E-state index contributed by atoms with van der Waals surface area (Å²) < 4.78 is 2.20. The summed E-state index contributed by atoms with van der Waals surface area (Å²) in [5.41, 5.74) is 1.99. The lowest BCUT2D eigenvalue weighted by molar-refractivity contribution is 0.519. The molecule has 1 heterocycles. The van der Waals surface area contributed by atoms with Crippen LogP contribution in [0.25, 0.3) is 11.0 Å². The van der Waals surface area contributed by atoms with Crippen LogP contribution < -0.4 is 0 Å². The number of hydrogen-bond acceptors (Lipinski definition) is 1. The molecule has 0 aliphatic heterocycles. The first kappa shape index (κ1) is 12.7. The van der Waals surface area contributed by atoms with Crippen LogP contribution in [-0.2, 0) is 13.0 Å². The van der Waals surface area contributed by atoms with Gasteiger partial charge in [0.2, 0.25) is 0 Å². The summed E-state index contributed by atoms with van der Waals surface area (Å²) in [7, 11) is 0. The second-order valence-corrected chi connectivity index (χ2v) is 5.36. The van der Waals surface area contributed by atoms with Crippen LogP contribution in [0.2, 0.25) is 5.02 Å². The Hall–Kier alpha value is -0.730. The lowest BCUT2D eigenvalue weighted by atomic mass is 10.2. The predicted octanol–water partition coefficient (Wildman–Crippen LogP) is 4.13. The van der Waals surface area contributed by atoms with E-state index in [0.717, 1.165) is 34.8 Å². The van der Waals surface area contributed by atoms with Gasteiger partial charge in [-0.2, -0.15) is 0 Å². The molecule has 0 atom stereocenters. The number of rotatable bonds is 4. The number of hydrogen-bond donors (Lipinski definition) is 0. The normalized spacial score (nSPS) is 11.6. The first-order valence-electron chi connectivity index (χ1n) is 5.83. The minimum Gasteiger partial charge on any atom is -0.326 e. The maximum atomic E-state index is 6.27. The number of imidazole rings is 1. The van der Waals surface area contributed by atoms with Gasteiger partial charge in [0, 0.05) is 18.8 Å². The zero-order chi connectivity index (χ0) is 12.4. The molecule has 0 unspecified atom stereocenters. The van der Waals surface area contributed by atoms with Crippen LogP contribution in [0, 0.1) is 5.92 Å².